The van der Waals surface area contributed by atoms with E-state index >= 15 is 0 Å². The molecule has 0 spiro atoms. The van der Waals surface area contributed by atoms with E-state index in [-0.39, 0.29) is 20.9 Å². The molecule has 0 aliphatic heterocycles. The molecule has 3 aliphatic rings. The first-order valence-electron chi connectivity index (χ1n) is 16.7. The Hall–Kier alpha value is -0.696. The van der Waals surface area contributed by atoms with Crippen LogP contribution in [0.3, 0.4) is 0 Å². The van der Waals surface area contributed by atoms with Crippen LogP contribution in [0, 0.1) is 34.5 Å². The molecule has 1 aromatic rings. The quantitative estimate of drug-likeness (QED) is 0.239. The van der Waals surface area contributed by atoms with Crippen LogP contribution in [0.25, 0.3) is 0 Å². The molecule has 0 saturated heterocycles. The van der Waals surface area contributed by atoms with Crippen molar-refractivity contribution < 1.29 is 8.85 Å². The largest absolute Gasteiger partial charge is 0.417 e. The van der Waals surface area contributed by atoms with E-state index in [2.05, 4.69) is 100 Å². The minimum Gasteiger partial charge on any atom is -0.417 e. The molecule has 4 nitrogen and oxygen atoms in total. The van der Waals surface area contributed by atoms with Crippen molar-refractivity contribution in [3.63, 3.8) is 0 Å². The van der Waals surface area contributed by atoms with Gasteiger partial charge in [0.05, 0.1) is 5.69 Å². The third kappa shape index (κ3) is 5.90. The molecule has 0 amide bonds. The first kappa shape index (κ1) is 33.2. The van der Waals surface area contributed by atoms with Crippen LogP contribution < -0.4 is 0 Å². The van der Waals surface area contributed by atoms with Gasteiger partial charge in [0, 0.05) is 18.9 Å². The summed E-state index contributed by atoms with van der Waals surface area (Å²) in [7, 11) is -3.75. The summed E-state index contributed by atoms with van der Waals surface area (Å²) in [5, 5.41) is 8.71. The normalized spacial score (nSPS) is 33.1. The van der Waals surface area contributed by atoms with Gasteiger partial charge in [0.15, 0.2) is 16.6 Å². The zero-order valence-corrected chi connectivity index (χ0v) is 31.1. The second-order valence-corrected chi connectivity index (χ2v) is 27.3. The topological polar surface area (TPSA) is 47.1 Å². The van der Waals surface area contributed by atoms with Gasteiger partial charge in [-0.2, -0.15) is 5.10 Å². The molecule has 0 aromatic carbocycles. The Morgan fingerprint density at radius 1 is 0.927 bits per heavy atom. The third-order valence-corrected chi connectivity index (χ3v) is 22.4. The molecular weight excluding hydrogens is 537 g/mol. The Labute approximate surface area is 255 Å². The van der Waals surface area contributed by atoms with Crippen molar-refractivity contribution in [2.45, 2.75) is 144 Å². The summed E-state index contributed by atoms with van der Waals surface area (Å²) in [6, 6.07) is 0. The maximum absolute atomic E-state index is 7.15. The lowest BCUT2D eigenvalue weighted by molar-refractivity contribution is -0.0708. The summed E-state index contributed by atoms with van der Waals surface area (Å²) >= 11 is 0. The fourth-order valence-corrected chi connectivity index (χ4v) is 10.2. The molecule has 41 heavy (non-hydrogen) atoms. The highest BCUT2D eigenvalue weighted by Gasteiger charge is 2.58. The van der Waals surface area contributed by atoms with Crippen LogP contribution >= 0.6 is 0 Å². The van der Waals surface area contributed by atoms with Gasteiger partial charge in [0.25, 0.3) is 0 Å². The highest BCUT2D eigenvalue weighted by atomic mass is 28.4. The smallest absolute Gasteiger partial charge is 0.191 e. The van der Waals surface area contributed by atoms with E-state index in [1.54, 1.807) is 0 Å². The van der Waals surface area contributed by atoms with Gasteiger partial charge < -0.3 is 8.85 Å². The number of aromatic amines is 1. The van der Waals surface area contributed by atoms with Crippen molar-refractivity contribution >= 4 is 16.6 Å². The van der Waals surface area contributed by atoms with Crippen LogP contribution in [0.5, 0.6) is 0 Å². The van der Waals surface area contributed by atoms with Crippen molar-refractivity contribution in [2.24, 2.45) is 34.5 Å². The minimum absolute atomic E-state index is 0.149. The number of nitrogens with zero attached hydrogens (tertiary/aromatic N) is 1. The molecule has 0 radical (unpaired) electrons. The molecule has 234 valence electrons. The Kier molecular flexibility index (Phi) is 8.93. The predicted octanol–water partition coefficient (Wildman–Crippen LogP) is 9.74. The second kappa shape index (κ2) is 11.0. The molecule has 0 bridgehead atoms. The molecule has 6 heteroatoms. The Morgan fingerprint density at radius 2 is 1.51 bits per heavy atom. The standard InChI is InChI=1S/C35H64N2O2Si2/c1-15-30-26-21-35(10,25(20-31(26)37-36-30)22-38-40(11,12)32(3,4)5)29-18-19-34(9)24(2)16-17-28(34)27(29)23-39-41(13,14)33(6,7)8/h25,27-29H,2,15-23H2,1,3-14H3,(H,36,37)/t25-,27+,28+,29+,34-,35+/m1/s1. The van der Waals surface area contributed by atoms with Crippen LogP contribution in [-0.4, -0.2) is 40.0 Å². The van der Waals surface area contributed by atoms with Gasteiger partial charge in [-0.15, -0.1) is 0 Å². The summed E-state index contributed by atoms with van der Waals surface area (Å²) in [4.78, 5) is 0. The van der Waals surface area contributed by atoms with E-state index in [9.17, 15) is 0 Å². The number of aryl methyl sites for hydroxylation is 1. The van der Waals surface area contributed by atoms with E-state index in [1.807, 2.05) is 0 Å². The number of fused-ring (bicyclic) bond motifs is 2. The number of hydrogen-bond acceptors (Lipinski definition) is 3. The van der Waals surface area contributed by atoms with E-state index < -0.39 is 16.6 Å². The number of allylic oxidation sites excluding steroid dienone is 1. The second-order valence-electron chi connectivity index (χ2n) is 17.7. The molecule has 3 aliphatic carbocycles. The molecule has 4 rings (SSSR count). The maximum atomic E-state index is 7.15. The van der Waals surface area contributed by atoms with Crippen LogP contribution in [0.2, 0.25) is 36.3 Å². The number of aromatic nitrogens is 2. The Morgan fingerprint density at radius 3 is 2.07 bits per heavy atom. The van der Waals surface area contributed by atoms with Gasteiger partial charge in [-0.05, 0) is 121 Å². The van der Waals surface area contributed by atoms with Gasteiger partial charge >= 0.3 is 0 Å². The summed E-state index contributed by atoms with van der Waals surface area (Å²) in [5.41, 5.74) is 6.05. The van der Waals surface area contributed by atoms with Crippen molar-refractivity contribution in [1.29, 1.82) is 0 Å². The van der Waals surface area contributed by atoms with Crippen LogP contribution in [-0.2, 0) is 28.1 Å². The highest BCUT2D eigenvalue weighted by Crippen LogP contribution is 2.63. The van der Waals surface area contributed by atoms with E-state index in [4.69, 9.17) is 14.0 Å². The van der Waals surface area contributed by atoms with E-state index in [0.29, 0.717) is 23.7 Å². The molecular formula is C35H64N2O2Si2. The van der Waals surface area contributed by atoms with E-state index in [1.165, 1.54) is 48.2 Å². The SMILES string of the molecule is C=C1CC[C@H]2[C@H](CO[Si](C)(C)C(C)(C)C)[C@@H]([C@@]3(C)Cc4c(CC)n[nH]c4C[C@@H]3CO[Si](C)(C)C(C)(C)C)CC[C@]12C. The van der Waals surface area contributed by atoms with Crippen LogP contribution in [0.15, 0.2) is 12.2 Å². The van der Waals surface area contributed by atoms with Gasteiger partial charge in [-0.1, -0.05) is 74.5 Å². The lowest BCUT2D eigenvalue weighted by Gasteiger charge is -2.57. The number of hydrogen-bond donors (Lipinski definition) is 1. The van der Waals surface area contributed by atoms with Gasteiger partial charge in [-0.3, -0.25) is 5.10 Å². The predicted molar refractivity (Wildman–Crippen MR) is 179 cm³/mol. The molecule has 2 fully saturated rings. The molecule has 1 N–H and O–H groups in total. The van der Waals surface area contributed by atoms with E-state index in [0.717, 1.165) is 32.5 Å². The van der Waals surface area contributed by atoms with Crippen molar-refractivity contribution in [1.82, 2.24) is 10.2 Å². The fourth-order valence-electron chi connectivity index (χ4n) is 8.09. The summed E-state index contributed by atoms with van der Waals surface area (Å²) < 4.78 is 14.2. The molecule has 0 unspecified atom stereocenters. The van der Waals surface area contributed by atoms with Gasteiger partial charge in [0.2, 0.25) is 0 Å². The summed E-state index contributed by atoms with van der Waals surface area (Å²) in [6.07, 6.45) is 8.14. The van der Waals surface area contributed by atoms with Crippen molar-refractivity contribution in [3.05, 3.63) is 29.1 Å². The third-order valence-electron chi connectivity index (χ3n) is 13.4. The van der Waals surface area contributed by atoms with Crippen LogP contribution in [0.4, 0.5) is 0 Å². The minimum atomic E-state index is -1.87. The zero-order chi connectivity index (χ0) is 30.8. The molecule has 1 aromatic heterocycles. The van der Waals surface area contributed by atoms with Crippen molar-refractivity contribution in [2.75, 3.05) is 13.2 Å². The summed E-state index contributed by atoms with van der Waals surface area (Å²) in [5.74, 6) is 2.30. The first-order chi connectivity index (χ1) is 18.7. The van der Waals surface area contributed by atoms with Crippen molar-refractivity contribution in [3.8, 4) is 0 Å². The zero-order valence-electron chi connectivity index (χ0n) is 29.1. The maximum Gasteiger partial charge on any atom is 0.191 e. The number of rotatable bonds is 8. The lowest BCUT2D eigenvalue weighted by Crippen LogP contribution is -2.54. The van der Waals surface area contributed by atoms with Crippen LogP contribution in [0.1, 0.15) is 105 Å². The molecule has 1 heterocycles. The number of H-pyrrole nitrogens is 1. The van der Waals surface area contributed by atoms with Gasteiger partial charge in [0.1, 0.15) is 0 Å². The first-order valence-corrected chi connectivity index (χ1v) is 22.5. The Bertz CT molecular complexity index is 1110. The monoisotopic (exact) mass is 600 g/mol. The summed E-state index contributed by atoms with van der Waals surface area (Å²) in [6.45, 7) is 37.7. The highest BCUT2D eigenvalue weighted by molar-refractivity contribution is 6.74. The molecule has 6 atom stereocenters. The average Bonchev–Trinajstić information content (AvgIpc) is 3.38. The fraction of sp³-hybridized carbons (Fsp3) is 0.857. The van der Waals surface area contributed by atoms with Gasteiger partial charge in [-0.25, -0.2) is 0 Å². The number of nitrogens with one attached hydrogen (secondary N) is 1. The average molecular weight is 601 g/mol. The lowest BCUT2D eigenvalue weighted by atomic mass is 9.49. The Balaban J connectivity index is 1.74. The molecule has 2 saturated carbocycles.